The highest BCUT2D eigenvalue weighted by Gasteiger charge is 2.30. The summed E-state index contributed by atoms with van der Waals surface area (Å²) in [6, 6.07) is 5.95. The highest BCUT2D eigenvalue weighted by molar-refractivity contribution is 5.88. The number of pyridine rings is 1. The zero-order valence-corrected chi connectivity index (χ0v) is 18.7. The number of hydrogen-bond acceptors (Lipinski definition) is 4. The quantitative estimate of drug-likeness (QED) is 0.651. The van der Waals surface area contributed by atoms with Crippen LogP contribution in [0.15, 0.2) is 36.5 Å². The topological polar surface area (TPSA) is 74.8 Å². The molecule has 1 N–H and O–H groups in total. The molecule has 0 aliphatic carbocycles. The van der Waals surface area contributed by atoms with Crippen LogP contribution in [-0.4, -0.2) is 58.7 Å². The highest BCUT2D eigenvalue weighted by Crippen LogP contribution is 2.24. The van der Waals surface area contributed by atoms with Gasteiger partial charge in [-0.15, -0.1) is 0 Å². The lowest BCUT2D eigenvalue weighted by molar-refractivity contribution is 0.0174. The molecular weight excluding hydrogens is 430 g/mol. The zero-order valence-electron chi connectivity index (χ0n) is 18.7. The number of hydrogen-bond donors (Lipinski definition) is 1. The van der Waals surface area contributed by atoms with Crippen LogP contribution in [0.3, 0.4) is 0 Å². The molecule has 33 heavy (non-hydrogen) atoms. The molecule has 1 aliphatic heterocycles. The van der Waals surface area contributed by atoms with Crippen molar-refractivity contribution in [3.8, 4) is 11.1 Å². The van der Waals surface area contributed by atoms with Crippen LogP contribution in [0, 0.1) is 11.6 Å². The Morgan fingerprint density at radius 2 is 1.82 bits per heavy atom. The van der Waals surface area contributed by atoms with Gasteiger partial charge in [-0.25, -0.2) is 23.4 Å². The van der Waals surface area contributed by atoms with Gasteiger partial charge in [-0.1, -0.05) is 7.43 Å². The number of amides is 3. The predicted molar refractivity (Wildman–Crippen MR) is 124 cm³/mol. The fourth-order valence-corrected chi connectivity index (χ4v) is 3.47. The number of aromatic nitrogens is 1. The largest absolute Gasteiger partial charge is 0.444 e. The normalized spacial score (nSPS) is 14.3. The molecule has 2 aromatic rings. The molecule has 3 rings (SSSR count). The number of urea groups is 1. The lowest BCUT2D eigenvalue weighted by atomic mass is 10.0. The van der Waals surface area contributed by atoms with E-state index in [1.807, 2.05) is 20.8 Å². The lowest BCUT2D eigenvalue weighted by Crippen LogP contribution is -2.49. The van der Waals surface area contributed by atoms with Crippen molar-refractivity contribution in [3.63, 3.8) is 0 Å². The molecule has 1 aromatic carbocycles. The summed E-state index contributed by atoms with van der Waals surface area (Å²) in [4.78, 5) is 32.2. The van der Waals surface area contributed by atoms with E-state index in [2.05, 4.69) is 10.3 Å². The fourth-order valence-electron chi connectivity index (χ4n) is 3.47. The molecule has 3 amide bonds. The van der Waals surface area contributed by atoms with E-state index in [0.717, 1.165) is 18.2 Å². The van der Waals surface area contributed by atoms with Gasteiger partial charge in [0.25, 0.3) is 0 Å². The van der Waals surface area contributed by atoms with Gasteiger partial charge in [0.05, 0.1) is 0 Å². The van der Waals surface area contributed by atoms with Gasteiger partial charge >= 0.3 is 12.1 Å². The average Bonchev–Trinajstić information content (AvgIpc) is 2.74. The molecule has 0 radical (unpaired) electrons. The number of ether oxygens (including phenoxy) is 1. The lowest BCUT2D eigenvalue weighted by Gasteiger charge is -2.37. The SMILES string of the molecule is C.CN(C(=O)Nc1ccc(-c2cc(F)ccc2F)cn1)C1CCN(C(=O)OC(C)(C)C)CC1. The molecule has 1 aromatic heterocycles. The highest BCUT2D eigenvalue weighted by atomic mass is 19.1. The molecule has 1 aliphatic rings. The summed E-state index contributed by atoms with van der Waals surface area (Å²) in [5.41, 5.74) is -0.0414. The summed E-state index contributed by atoms with van der Waals surface area (Å²) >= 11 is 0. The van der Waals surface area contributed by atoms with Crippen molar-refractivity contribution < 1.29 is 23.1 Å². The van der Waals surface area contributed by atoms with Crippen LogP contribution in [0.4, 0.5) is 24.2 Å². The van der Waals surface area contributed by atoms with Crippen molar-refractivity contribution in [3.05, 3.63) is 48.2 Å². The maximum atomic E-state index is 13.9. The molecule has 0 atom stereocenters. The molecule has 180 valence electrons. The maximum absolute atomic E-state index is 13.9. The number of likely N-dealkylation sites (tertiary alicyclic amines) is 1. The van der Waals surface area contributed by atoms with E-state index in [9.17, 15) is 18.4 Å². The fraction of sp³-hybridized carbons (Fsp3) is 0.458. The first-order valence-corrected chi connectivity index (χ1v) is 10.5. The minimum absolute atomic E-state index is 0. The van der Waals surface area contributed by atoms with Gasteiger partial charge in [-0.05, 0) is 63.9 Å². The Hall–Kier alpha value is -3.23. The standard InChI is InChI=1S/C23H28F2N4O3.CH4/c1-23(2,3)32-22(31)29-11-9-17(10-12-29)28(4)21(30)27-20-8-5-15(14-26-20)18-13-16(24)6-7-19(18)25;/h5-8,13-14,17H,9-12H2,1-4H3,(H,26,27,30);1H4. The van der Waals surface area contributed by atoms with E-state index >= 15 is 0 Å². The third kappa shape index (κ3) is 6.87. The first-order valence-electron chi connectivity index (χ1n) is 10.5. The van der Waals surface area contributed by atoms with Crippen LogP contribution in [-0.2, 0) is 4.74 Å². The van der Waals surface area contributed by atoms with Crippen molar-refractivity contribution in [2.75, 3.05) is 25.5 Å². The van der Waals surface area contributed by atoms with Crippen LogP contribution in [0.25, 0.3) is 11.1 Å². The van der Waals surface area contributed by atoms with Crippen molar-refractivity contribution >= 4 is 17.9 Å². The van der Waals surface area contributed by atoms with Crippen molar-refractivity contribution in [2.45, 2.75) is 52.7 Å². The van der Waals surface area contributed by atoms with Crippen molar-refractivity contribution in [1.82, 2.24) is 14.8 Å². The number of benzene rings is 1. The van der Waals surface area contributed by atoms with E-state index in [1.165, 1.54) is 12.3 Å². The predicted octanol–water partition coefficient (Wildman–Crippen LogP) is 5.53. The van der Waals surface area contributed by atoms with E-state index in [0.29, 0.717) is 37.3 Å². The van der Waals surface area contributed by atoms with Gasteiger partial charge in [-0.3, -0.25) is 5.32 Å². The molecule has 0 unspecified atom stereocenters. The smallest absolute Gasteiger partial charge is 0.410 e. The van der Waals surface area contributed by atoms with Gasteiger partial charge in [0.15, 0.2) is 0 Å². The second-order valence-electron chi connectivity index (χ2n) is 8.80. The summed E-state index contributed by atoms with van der Waals surface area (Å²) < 4.78 is 32.7. The van der Waals surface area contributed by atoms with Gasteiger partial charge in [0.1, 0.15) is 23.1 Å². The van der Waals surface area contributed by atoms with Gasteiger partial charge in [0.2, 0.25) is 0 Å². The summed E-state index contributed by atoms with van der Waals surface area (Å²) in [7, 11) is 1.69. The minimum Gasteiger partial charge on any atom is -0.444 e. The maximum Gasteiger partial charge on any atom is 0.410 e. The monoisotopic (exact) mass is 462 g/mol. The number of nitrogens with zero attached hydrogens (tertiary/aromatic N) is 3. The van der Waals surface area contributed by atoms with Crippen molar-refractivity contribution in [1.29, 1.82) is 0 Å². The number of nitrogens with one attached hydrogen (secondary N) is 1. The Kier molecular flexibility index (Phi) is 8.35. The Balaban J connectivity index is 0.00000385. The van der Waals surface area contributed by atoms with Crippen LogP contribution in [0.2, 0.25) is 0 Å². The summed E-state index contributed by atoms with van der Waals surface area (Å²) in [5.74, 6) is -0.797. The number of rotatable bonds is 3. The Labute approximate surface area is 193 Å². The van der Waals surface area contributed by atoms with E-state index in [-0.39, 0.29) is 31.2 Å². The molecule has 0 saturated carbocycles. The number of halogens is 2. The number of anilines is 1. The second kappa shape index (κ2) is 10.6. The summed E-state index contributed by atoms with van der Waals surface area (Å²) in [5, 5.41) is 2.71. The zero-order chi connectivity index (χ0) is 23.5. The van der Waals surface area contributed by atoms with E-state index < -0.39 is 17.2 Å². The van der Waals surface area contributed by atoms with Crippen LogP contribution in [0.5, 0.6) is 0 Å². The van der Waals surface area contributed by atoms with Crippen LogP contribution >= 0.6 is 0 Å². The van der Waals surface area contributed by atoms with Crippen LogP contribution < -0.4 is 5.32 Å². The van der Waals surface area contributed by atoms with Crippen LogP contribution in [0.1, 0.15) is 41.0 Å². The third-order valence-electron chi connectivity index (χ3n) is 5.22. The molecule has 0 bridgehead atoms. The Bertz CT molecular complexity index is 969. The van der Waals surface area contributed by atoms with E-state index in [1.54, 1.807) is 22.9 Å². The molecular formula is C24H32F2N4O3. The summed E-state index contributed by atoms with van der Waals surface area (Å²) in [6.07, 6.45) is 2.30. The molecule has 1 saturated heterocycles. The molecule has 1 fully saturated rings. The first kappa shape index (κ1) is 26.0. The van der Waals surface area contributed by atoms with Crippen molar-refractivity contribution in [2.24, 2.45) is 0 Å². The minimum atomic E-state index is -0.553. The number of carbonyl (C=O) groups is 2. The Morgan fingerprint density at radius 3 is 2.39 bits per heavy atom. The summed E-state index contributed by atoms with van der Waals surface area (Å²) in [6.45, 7) is 6.48. The Morgan fingerprint density at radius 1 is 1.15 bits per heavy atom. The third-order valence-corrected chi connectivity index (χ3v) is 5.22. The number of carbonyl (C=O) groups excluding carboxylic acids is 2. The van der Waals surface area contributed by atoms with E-state index in [4.69, 9.17) is 4.74 Å². The molecule has 2 heterocycles. The molecule has 7 nitrogen and oxygen atoms in total. The molecule has 0 spiro atoms. The molecule has 9 heteroatoms. The van der Waals surface area contributed by atoms with Gasteiger partial charge < -0.3 is 14.5 Å². The first-order chi connectivity index (χ1) is 15.0. The second-order valence-corrected chi connectivity index (χ2v) is 8.80. The van der Waals surface area contributed by atoms with Gasteiger partial charge in [0, 0.05) is 43.5 Å². The average molecular weight is 463 g/mol. The van der Waals surface area contributed by atoms with Gasteiger partial charge in [-0.2, -0.15) is 0 Å². The number of piperidine rings is 1.